The Morgan fingerprint density at radius 1 is 1.13 bits per heavy atom. The van der Waals surface area contributed by atoms with Crippen LogP contribution in [0.2, 0.25) is 0 Å². The monoisotopic (exact) mass is 430 g/mol. The number of rotatable bonds is 11. The number of benzene rings is 2. The Morgan fingerprint density at radius 3 is 2.50 bits per heavy atom. The van der Waals surface area contributed by atoms with E-state index >= 15 is 0 Å². The molecule has 0 bridgehead atoms. The Labute approximate surface area is 177 Å². The van der Waals surface area contributed by atoms with Gasteiger partial charge in [0.25, 0.3) is 0 Å². The van der Waals surface area contributed by atoms with Crippen LogP contribution in [0, 0.1) is 0 Å². The maximum absolute atomic E-state index is 12.2. The molecule has 0 saturated heterocycles. The molecule has 7 nitrogen and oxygen atoms in total. The number of ether oxygens (including phenoxy) is 2. The maximum atomic E-state index is 12.2. The number of carbonyl (C=O) groups is 1. The molecule has 8 heteroatoms. The highest BCUT2D eigenvalue weighted by molar-refractivity contribution is 7.88. The third-order valence-electron chi connectivity index (χ3n) is 3.94. The molecule has 0 atom stereocenters. The first-order chi connectivity index (χ1) is 14.4. The van der Waals surface area contributed by atoms with Crippen LogP contribution < -0.4 is 19.5 Å². The lowest BCUT2D eigenvalue weighted by atomic mass is 10.2. The molecule has 160 valence electrons. The maximum Gasteiger partial charge on any atom is 0.248 e. The van der Waals surface area contributed by atoms with Crippen LogP contribution in [0.15, 0.2) is 61.2 Å². The van der Waals surface area contributed by atoms with E-state index in [1.807, 2.05) is 13.0 Å². The van der Waals surface area contributed by atoms with Crippen LogP contribution in [0.25, 0.3) is 6.08 Å². The van der Waals surface area contributed by atoms with Gasteiger partial charge in [0, 0.05) is 18.3 Å². The third-order valence-corrected chi connectivity index (χ3v) is 5.26. The fourth-order valence-electron chi connectivity index (χ4n) is 2.56. The van der Waals surface area contributed by atoms with Crippen molar-refractivity contribution in [1.29, 1.82) is 0 Å². The van der Waals surface area contributed by atoms with Crippen molar-refractivity contribution in [2.24, 2.45) is 0 Å². The van der Waals surface area contributed by atoms with Gasteiger partial charge < -0.3 is 14.8 Å². The van der Waals surface area contributed by atoms with E-state index in [0.29, 0.717) is 29.4 Å². The normalized spacial score (nSPS) is 11.3. The molecule has 0 heterocycles. The summed E-state index contributed by atoms with van der Waals surface area (Å²) in [6, 6.07) is 12.0. The number of hydrogen-bond donors (Lipinski definition) is 2. The Bertz CT molecular complexity index is 999. The fourth-order valence-corrected chi connectivity index (χ4v) is 3.66. The Morgan fingerprint density at radius 2 is 1.87 bits per heavy atom. The van der Waals surface area contributed by atoms with E-state index in [0.717, 1.165) is 5.56 Å². The minimum Gasteiger partial charge on any atom is -0.493 e. The van der Waals surface area contributed by atoms with Crippen LogP contribution >= 0.6 is 0 Å². The largest absolute Gasteiger partial charge is 0.493 e. The number of anilines is 1. The summed E-state index contributed by atoms with van der Waals surface area (Å²) in [7, 11) is -1.87. The van der Waals surface area contributed by atoms with Gasteiger partial charge in [-0.25, -0.2) is 13.1 Å². The van der Waals surface area contributed by atoms with Gasteiger partial charge in [-0.15, -0.1) is 6.58 Å². The molecule has 2 aromatic carbocycles. The minimum atomic E-state index is -3.42. The summed E-state index contributed by atoms with van der Waals surface area (Å²) in [6.07, 6.45) is 4.56. The SMILES string of the molecule is C=CCNS(=O)(=O)Cc1ccc(NC(=O)/C=C/c2ccc(OCC)c(OC)c2)cc1. The molecular weight excluding hydrogens is 404 g/mol. The Kier molecular flexibility index (Phi) is 8.64. The van der Waals surface area contributed by atoms with E-state index in [1.165, 1.54) is 12.2 Å². The van der Waals surface area contributed by atoms with E-state index in [1.54, 1.807) is 49.6 Å². The van der Waals surface area contributed by atoms with Crippen LogP contribution in [0.4, 0.5) is 5.69 Å². The molecule has 2 aromatic rings. The van der Waals surface area contributed by atoms with E-state index in [4.69, 9.17) is 9.47 Å². The molecule has 0 radical (unpaired) electrons. The summed E-state index contributed by atoms with van der Waals surface area (Å²) < 4.78 is 37.0. The minimum absolute atomic E-state index is 0.144. The van der Waals surface area contributed by atoms with Crippen LogP contribution in [0.1, 0.15) is 18.1 Å². The fraction of sp³-hybridized carbons (Fsp3) is 0.227. The van der Waals surface area contributed by atoms with Crippen molar-refractivity contribution >= 4 is 27.7 Å². The summed E-state index contributed by atoms with van der Waals surface area (Å²) in [5.74, 6) is 0.779. The molecule has 0 fully saturated rings. The summed E-state index contributed by atoms with van der Waals surface area (Å²) in [5.41, 5.74) is 1.97. The van der Waals surface area contributed by atoms with Gasteiger partial charge in [0.2, 0.25) is 15.9 Å². The average Bonchev–Trinajstić information content (AvgIpc) is 2.73. The molecule has 30 heavy (non-hydrogen) atoms. The number of methoxy groups -OCH3 is 1. The molecule has 0 aromatic heterocycles. The lowest BCUT2D eigenvalue weighted by Gasteiger charge is -2.09. The predicted molar refractivity (Wildman–Crippen MR) is 119 cm³/mol. The standard InChI is InChI=1S/C22H26N2O5S/c1-4-14-23-30(26,27)16-18-6-10-19(11-7-18)24-22(25)13-9-17-8-12-20(29-5-2)21(15-17)28-3/h4,6-13,15,23H,1,5,14,16H2,2-3H3,(H,24,25)/b13-9+. The Hall–Kier alpha value is -3.10. The zero-order valence-corrected chi connectivity index (χ0v) is 17.9. The summed E-state index contributed by atoms with van der Waals surface area (Å²) in [5, 5.41) is 2.74. The highest BCUT2D eigenvalue weighted by atomic mass is 32.2. The average molecular weight is 431 g/mol. The first-order valence-electron chi connectivity index (χ1n) is 9.34. The number of hydrogen-bond acceptors (Lipinski definition) is 5. The predicted octanol–water partition coefficient (Wildman–Crippen LogP) is 3.35. The number of sulfonamides is 1. The molecule has 0 aliphatic heterocycles. The molecule has 1 amide bonds. The lowest BCUT2D eigenvalue weighted by Crippen LogP contribution is -2.25. The first-order valence-corrected chi connectivity index (χ1v) is 11.0. The summed E-state index contributed by atoms with van der Waals surface area (Å²) in [6.45, 7) is 6.09. The van der Waals surface area contributed by atoms with Gasteiger partial charge in [0.15, 0.2) is 11.5 Å². The second-order valence-corrected chi connectivity index (χ2v) is 8.07. The van der Waals surface area contributed by atoms with E-state index in [-0.39, 0.29) is 18.2 Å². The molecule has 0 aliphatic carbocycles. The van der Waals surface area contributed by atoms with Gasteiger partial charge in [-0.05, 0) is 48.4 Å². The van der Waals surface area contributed by atoms with Crippen molar-refractivity contribution in [2.75, 3.05) is 25.6 Å². The van der Waals surface area contributed by atoms with E-state index in [9.17, 15) is 13.2 Å². The molecule has 0 aliphatic rings. The smallest absolute Gasteiger partial charge is 0.248 e. The summed E-state index contributed by atoms with van der Waals surface area (Å²) in [4.78, 5) is 12.2. The second-order valence-electron chi connectivity index (χ2n) is 6.26. The van der Waals surface area contributed by atoms with E-state index in [2.05, 4.69) is 16.6 Å². The van der Waals surface area contributed by atoms with Crippen LogP contribution in [-0.4, -0.2) is 34.6 Å². The number of nitrogens with one attached hydrogen (secondary N) is 2. The summed E-state index contributed by atoms with van der Waals surface area (Å²) >= 11 is 0. The van der Waals surface area contributed by atoms with Crippen LogP contribution in [0.5, 0.6) is 11.5 Å². The molecule has 0 spiro atoms. The highest BCUT2D eigenvalue weighted by Crippen LogP contribution is 2.28. The lowest BCUT2D eigenvalue weighted by molar-refractivity contribution is -0.111. The van der Waals surface area contributed by atoms with Gasteiger partial charge in [-0.3, -0.25) is 4.79 Å². The molecule has 2 N–H and O–H groups in total. The highest BCUT2D eigenvalue weighted by Gasteiger charge is 2.10. The van der Waals surface area contributed by atoms with Crippen LogP contribution in [-0.2, 0) is 20.6 Å². The third kappa shape index (κ3) is 7.38. The number of carbonyl (C=O) groups excluding carboxylic acids is 1. The quantitative estimate of drug-likeness (QED) is 0.421. The second kappa shape index (κ2) is 11.2. The zero-order chi connectivity index (χ0) is 22.0. The molecule has 0 saturated carbocycles. The van der Waals surface area contributed by atoms with Gasteiger partial charge in [0.05, 0.1) is 19.5 Å². The van der Waals surface area contributed by atoms with E-state index < -0.39 is 10.0 Å². The van der Waals surface area contributed by atoms with Gasteiger partial charge in [0.1, 0.15) is 0 Å². The first kappa shape index (κ1) is 23.2. The van der Waals surface area contributed by atoms with Crippen molar-refractivity contribution < 1.29 is 22.7 Å². The van der Waals surface area contributed by atoms with Crippen molar-refractivity contribution in [3.05, 3.63) is 72.3 Å². The van der Waals surface area contributed by atoms with Gasteiger partial charge in [-0.2, -0.15) is 0 Å². The van der Waals surface area contributed by atoms with Crippen LogP contribution in [0.3, 0.4) is 0 Å². The van der Waals surface area contributed by atoms with Gasteiger partial charge >= 0.3 is 0 Å². The Balaban J connectivity index is 1.97. The molecule has 2 rings (SSSR count). The van der Waals surface area contributed by atoms with Gasteiger partial charge in [-0.1, -0.05) is 24.3 Å². The number of amides is 1. The molecular formula is C22H26N2O5S. The van der Waals surface area contributed by atoms with Crippen molar-refractivity contribution in [3.63, 3.8) is 0 Å². The van der Waals surface area contributed by atoms with Crippen molar-refractivity contribution in [1.82, 2.24) is 4.72 Å². The topological polar surface area (TPSA) is 93.7 Å². The van der Waals surface area contributed by atoms with Crippen molar-refractivity contribution in [2.45, 2.75) is 12.7 Å². The van der Waals surface area contributed by atoms with Crippen molar-refractivity contribution in [3.8, 4) is 11.5 Å². The molecule has 0 unspecified atom stereocenters. The zero-order valence-electron chi connectivity index (χ0n) is 17.1.